The predicted octanol–water partition coefficient (Wildman–Crippen LogP) is 2.98. The third kappa shape index (κ3) is 5.60. The molecule has 0 aliphatic rings. The highest BCUT2D eigenvalue weighted by Crippen LogP contribution is 2.31. The number of nitrogens with zero attached hydrogens (tertiary/aromatic N) is 1. The highest BCUT2D eigenvalue weighted by Gasteiger charge is 2.30. The van der Waals surface area contributed by atoms with Crippen molar-refractivity contribution in [2.45, 2.75) is 11.1 Å². The molecule has 1 heterocycles. The van der Waals surface area contributed by atoms with Gasteiger partial charge < -0.3 is 0 Å². The molecule has 2 aromatic carbocycles. The lowest BCUT2D eigenvalue weighted by Crippen LogP contribution is -2.42. The van der Waals surface area contributed by atoms with Crippen molar-refractivity contribution in [2.24, 2.45) is 0 Å². The van der Waals surface area contributed by atoms with Crippen molar-refractivity contribution in [1.82, 2.24) is 15.8 Å². The Balaban J connectivity index is 1.73. The summed E-state index contributed by atoms with van der Waals surface area (Å²) in [7, 11) is -4.30. The molecule has 32 heavy (non-hydrogen) atoms. The topological polar surface area (TPSA) is 117 Å². The zero-order valence-electron chi connectivity index (χ0n) is 16.1. The van der Waals surface area contributed by atoms with Gasteiger partial charge in [0.1, 0.15) is 5.69 Å². The standard InChI is InChI=1S/C20H15F3N4O4S/c21-20(22,23)14-6-4-7-15(12-14)27-32(30,31)16-8-3-5-13(11-16)18(28)25-26-19(29)17-9-1-2-10-24-17/h1-12,27H,(H,25,28)(H,26,29). The number of carbonyl (C=O) groups excluding carboxylic acids is 2. The first-order valence-corrected chi connectivity index (χ1v) is 10.4. The van der Waals surface area contributed by atoms with E-state index in [0.717, 1.165) is 24.3 Å². The number of hydrogen-bond acceptors (Lipinski definition) is 5. The molecule has 0 radical (unpaired) electrons. The molecule has 0 bridgehead atoms. The van der Waals surface area contributed by atoms with Crippen molar-refractivity contribution in [3.05, 3.63) is 89.7 Å². The molecule has 2 amide bonds. The molecule has 0 fully saturated rings. The highest BCUT2D eigenvalue weighted by molar-refractivity contribution is 7.92. The number of hydrazine groups is 1. The molecule has 3 aromatic rings. The summed E-state index contributed by atoms with van der Waals surface area (Å²) in [5.74, 6) is -1.50. The van der Waals surface area contributed by atoms with E-state index < -0.39 is 33.6 Å². The van der Waals surface area contributed by atoms with Crippen LogP contribution in [0.3, 0.4) is 0 Å². The number of benzene rings is 2. The minimum atomic E-state index is -4.64. The third-order valence-electron chi connectivity index (χ3n) is 4.04. The second-order valence-corrected chi connectivity index (χ2v) is 8.02. The number of pyridine rings is 1. The Morgan fingerprint density at radius 1 is 0.844 bits per heavy atom. The molecule has 3 rings (SSSR count). The van der Waals surface area contributed by atoms with Gasteiger partial charge >= 0.3 is 6.18 Å². The second kappa shape index (κ2) is 9.06. The van der Waals surface area contributed by atoms with Gasteiger partial charge in [-0.15, -0.1) is 0 Å². The molecular formula is C20H15F3N4O4S. The molecule has 8 nitrogen and oxygen atoms in total. The average Bonchev–Trinajstić information content (AvgIpc) is 2.77. The summed E-state index contributed by atoms with van der Waals surface area (Å²) in [6, 6.07) is 13.0. The zero-order chi connectivity index (χ0) is 23.4. The molecule has 166 valence electrons. The van der Waals surface area contributed by atoms with Gasteiger partial charge in [0.05, 0.1) is 10.5 Å². The van der Waals surface area contributed by atoms with Crippen LogP contribution in [-0.4, -0.2) is 25.2 Å². The summed E-state index contributed by atoms with van der Waals surface area (Å²) < 4.78 is 65.8. The smallest absolute Gasteiger partial charge is 0.280 e. The predicted molar refractivity (Wildman–Crippen MR) is 108 cm³/mol. The van der Waals surface area contributed by atoms with Gasteiger partial charge in [-0.05, 0) is 48.5 Å². The zero-order valence-corrected chi connectivity index (χ0v) is 16.9. The first kappa shape index (κ1) is 22.7. The molecule has 0 aliphatic carbocycles. The average molecular weight is 464 g/mol. The minimum absolute atomic E-state index is 0.0504. The van der Waals surface area contributed by atoms with Crippen LogP contribution >= 0.6 is 0 Å². The molecule has 0 spiro atoms. The van der Waals surface area contributed by atoms with E-state index >= 15 is 0 Å². The van der Waals surface area contributed by atoms with Crippen LogP contribution in [0.25, 0.3) is 0 Å². The van der Waals surface area contributed by atoms with Crippen LogP contribution in [0, 0.1) is 0 Å². The number of sulfonamides is 1. The fraction of sp³-hybridized carbons (Fsp3) is 0.0500. The molecule has 0 unspecified atom stereocenters. The van der Waals surface area contributed by atoms with E-state index in [-0.39, 0.29) is 21.8 Å². The van der Waals surface area contributed by atoms with Crippen molar-refractivity contribution >= 4 is 27.5 Å². The molecule has 3 N–H and O–H groups in total. The van der Waals surface area contributed by atoms with E-state index in [1.165, 1.54) is 30.5 Å². The Labute approximate surface area is 180 Å². The summed E-state index contributed by atoms with van der Waals surface area (Å²) >= 11 is 0. The molecule has 0 atom stereocenters. The van der Waals surface area contributed by atoms with Crippen molar-refractivity contribution in [2.75, 3.05) is 4.72 Å². The number of halogens is 3. The summed E-state index contributed by atoms with van der Waals surface area (Å²) in [6.07, 6.45) is -3.25. The minimum Gasteiger partial charge on any atom is -0.280 e. The van der Waals surface area contributed by atoms with Gasteiger partial charge in [0, 0.05) is 17.4 Å². The van der Waals surface area contributed by atoms with Crippen LogP contribution < -0.4 is 15.6 Å². The summed E-state index contributed by atoms with van der Waals surface area (Å²) in [5, 5.41) is 0. The molecular weight excluding hydrogens is 449 g/mol. The van der Waals surface area contributed by atoms with Gasteiger partial charge in [0.15, 0.2) is 0 Å². The lowest BCUT2D eigenvalue weighted by atomic mass is 10.2. The maximum absolute atomic E-state index is 12.8. The summed E-state index contributed by atoms with van der Waals surface area (Å²) in [4.78, 5) is 27.7. The number of amides is 2. The maximum atomic E-state index is 12.8. The number of rotatable bonds is 5. The number of hydrogen-bond donors (Lipinski definition) is 3. The molecule has 12 heteroatoms. The van der Waals surface area contributed by atoms with Gasteiger partial charge in [-0.1, -0.05) is 18.2 Å². The Morgan fingerprint density at radius 2 is 1.56 bits per heavy atom. The molecule has 0 saturated carbocycles. The fourth-order valence-corrected chi connectivity index (χ4v) is 3.62. The number of anilines is 1. The van der Waals surface area contributed by atoms with E-state index in [1.54, 1.807) is 12.1 Å². The SMILES string of the molecule is O=C(NNC(=O)c1ccccn1)c1cccc(S(=O)(=O)Nc2cccc(C(F)(F)F)c2)c1. The number of aromatic nitrogens is 1. The van der Waals surface area contributed by atoms with E-state index in [1.807, 2.05) is 4.72 Å². The van der Waals surface area contributed by atoms with Crippen LogP contribution in [0.4, 0.5) is 18.9 Å². The fourth-order valence-electron chi connectivity index (χ4n) is 2.52. The van der Waals surface area contributed by atoms with Crippen molar-refractivity contribution in [1.29, 1.82) is 0 Å². The lowest BCUT2D eigenvalue weighted by Gasteiger charge is -2.12. The van der Waals surface area contributed by atoms with E-state index in [9.17, 15) is 31.2 Å². The van der Waals surface area contributed by atoms with Crippen LogP contribution in [-0.2, 0) is 16.2 Å². The summed E-state index contributed by atoms with van der Waals surface area (Å²) in [6.45, 7) is 0. The van der Waals surface area contributed by atoms with Crippen LogP contribution in [0.5, 0.6) is 0 Å². The Bertz CT molecular complexity index is 1250. The lowest BCUT2D eigenvalue weighted by molar-refractivity contribution is -0.137. The highest BCUT2D eigenvalue weighted by atomic mass is 32.2. The Morgan fingerprint density at radius 3 is 2.25 bits per heavy atom. The normalized spacial score (nSPS) is 11.5. The molecule has 0 saturated heterocycles. The number of nitrogens with one attached hydrogen (secondary N) is 3. The van der Waals surface area contributed by atoms with E-state index in [4.69, 9.17) is 0 Å². The summed E-state index contributed by atoms with van der Waals surface area (Å²) in [5.41, 5.74) is 2.90. The van der Waals surface area contributed by atoms with Crippen LogP contribution in [0.1, 0.15) is 26.4 Å². The first-order valence-electron chi connectivity index (χ1n) is 8.88. The molecule has 0 aliphatic heterocycles. The van der Waals surface area contributed by atoms with Crippen molar-refractivity contribution in [3.63, 3.8) is 0 Å². The first-order chi connectivity index (χ1) is 15.1. The second-order valence-electron chi connectivity index (χ2n) is 6.34. The number of carbonyl (C=O) groups is 2. The van der Waals surface area contributed by atoms with E-state index in [0.29, 0.717) is 6.07 Å². The largest absolute Gasteiger partial charge is 0.416 e. The Kier molecular flexibility index (Phi) is 6.44. The van der Waals surface area contributed by atoms with Crippen LogP contribution in [0.2, 0.25) is 0 Å². The Hall–Kier alpha value is -3.93. The van der Waals surface area contributed by atoms with Crippen LogP contribution in [0.15, 0.2) is 77.8 Å². The number of alkyl halides is 3. The van der Waals surface area contributed by atoms with Crippen molar-refractivity contribution < 1.29 is 31.2 Å². The van der Waals surface area contributed by atoms with Gasteiger partial charge in [-0.3, -0.25) is 30.1 Å². The van der Waals surface area contributed by atoms with Gasteiger partial charge in [0.2, 0.25) is 0 Å². The molecule has 1 aromatic heterocycles. The third-order valence-corrected chi connectivity index (χ3v) is 5.41. The maximum Gasteiger partial charge on any atom is 0.416 e. The monoisotopic (exact) mass is 464 g/mol. The van der Waals surface area contributed by atoms with Gasteiger partial charge in [0.25, 0.3) is 21.8 Å². The quantitative estimate of drug-likeness (QED) is 0.502. The van der Waals surface area contributed by atoms with Gasteiger partial charge in [-0.25, -0.2) is 8.42 Å². The van der Waals surface area contributed by atoms with Gasteiger partial charge in [-0.2, -0.15) is 13.2 Å². The van der Waals surface area contributed by atoms with E-state index in [2.05, 4.69) is 15.8 Å². The van der Waals surface area contributed by atoms with Crippen molar-refractivity contribution in [3.8, 4) is 0 Å².